The van der Waals surface area contributed by atoms with E-state index < -0.39 is 0 Å². The Morgan fingerprint density at radius 3 is 0.944 bits per heavy atom. The summed E-state index contributed by atoms with van der Waals surface area (Å²) in [4.78, 5) is 120. The van der Waals surface area contributed by atoms with E-state index in [1.165, 1.54) is 70.4 Å². The average Bonchev–Trinajstić information content (AvgIpc) is 1.60. The number of thiophene rings is 5. The fraction of sp³-hybridized carbons (Fsp3) is 0.138. The molecule has 0 aliphatic carbocycles. The van der Waals surface area contributed by atoms with Crippen molar-refractivity contribution in [1.82, 2.24) is 72.7 Å². The number of fused-ring (bicyclic) bond motifs is 15. The van der Waals surface area contributed by atoms with Gasteiger partial charge in [-0.3, -0.25) is 46.8 Å². The van der Waals surface area contributed by atoms with Crippen molar-refractivity contribution < 1.29 is 23.7 Å². The average molecular weight is 2100 g/mol. The third-order valence-electron chi connectivity index (χ3n) is 20.0. The van der Waals surface area contributed by atoms with Gasteiger partial charge in [0, 0.05) is 84.8 Å². The van der Waals surface area contributed by atoms with Crippen molar-refractivity contribution in [3.63, 3.8) is 0 Å². The third-order valence-corrected chi connectivity index (χ3v) is 28.4. The number of nitrogens with zero attached hydrogens (tertiary/aromatic N) is 18. The minimum atomic E-state index is -0.124. The zero-order valence-electron chi connectivity index (χ0n) is 68.5. The van der Waals surface area contributed by atoms with Gasteiger partial charge in [0.2, 0.25) is 0 Å². The van der Waals surface area contributed by atoms with Crippen LogP contribution < -0.4 is 71.5 Å². The Morgan fingerprint density at radius 2 is 0.611 bits per heavy atom. The van der Waals surface area contributed by atoms with Crippen LogP contribution >= 0.6 is 136 Å². The lowest BCUT2D eigenvalue weighted by Gasteiger charge is -2.15. The first-order chi connectivity index (χ1) is 60.8. The van der Waals surface area contributed by atoms with Gasteiger partial charge >= 0.3 is 0 Å². The van der Waals surface area contributed by atoms with E-state index in [-0.39, 0.29) is 27.8 Å². The number of anilines is 4. The molecule has 0 atom stereocenters. The van der Waals surface area contributed by atoms with Crippen LogP contribution in [0.15, 0.2) is 236 Å². The second-order valence-corrected chi connectivity index (χ2v) is 37.2. The van der Waals surface area contributed by atoms with Gasteiger partial charge in [0.05, 0.1) is 143 Å². The standard InChI is InChI=1S/C18H14Br2N4O2S.C18H15BrN4O2S.C18H16N4O2S.C17H13BrN4O2S.C16H10BrN3O2S/c1-23(2)15-11(20)7-21-17-13(15)14-16(27-17)18(25)24(8-22-14)9-4-5-12(26-3)10(19)6-9;1-22(2)15-12(19)8-20-17-13(15)14-16(26-17)18(24)23(9-21-14)10-4-6-11(25-3)7-5-10;1-21(2)13-8-9-19-17-14(13)15-16(25-17)18(23)22(10-20-15)11-4-6-12(24-3)7-5-11;1-19-13-11(18)7-20-16-12(13)14-15(25-16)17(23)22(8-21-14)9-3-5-10(24-2)6-4-9;1-22-10-4-2-9(3-5-10)20-8-19-13-12-11(17)6-7-18-15(12)23-14(13)16(20)21/h4-8H,1-3H3;4-9H,1-3H3;4-10H,1-3H3;3-8H,1-2H3,(H,19,20);2-8H,1H3. The summed E-state index contributed by atoms with van der Waals surface area (Å²) >= 11 is 24.4. The normalized spacial score (nSPS) is 11.2. The highest BCUT2D eigenvalue weighted by Crippen LogP contribution is 2.44. The molecule has 0 aliphatic rings. The molecule has 15 heterocycles. The lowest BCUT2D eigenvalue weighted by Crippen LogP contribution is -2.18. The summed E-state index contributed by atoms with van der Waals surface area (Å²) in [5.41, 5.74) is 10.3. The number of nitrogens with one attached hydrogen (secondary N) is 1. The molecule has 636 valence electrons. The van der Waals surface area contributed by atoms with Crippen molar-refractivity contribution >= 4 is 261 Å². The zero-order chi connectivity index (χ0) is 88.8. The summed E-state index contributed by atoms with van der Waals surface area (Å²) in [5.74, 6) is 3.66. The molecule has 0 amide bonds. The van der Waals surface area contributed by atoms with Gasteiger partial charge in [0.1, 0.15) is 125 Å². The van der Waals surface area contributed by atoms with E-state index in [2.05, 4.69) is 135 Å². The summed E-state index contributed by atoms with van der Waals surface area (Å²) < 4.78 is 40.8. The Hall–Kier alpha value is -12.1. The maximum Gasteiger partial charge on any atom is 0.275 e. The van der Waals surface area contributed by atoms with Crippen LogP contribution in [0.4, 0.5) is 22.7 Å². The molecule has 20 rings (SSSR count). The Labute approximate surface area is 776 Å². The number of halogens is 5. The van der Waals surface area contributed by atoms with Crippen molar-refractivity contribution in [3.8, 4) is 57.2 Å². The molecular weight excluding hydrogens is 2030 g/mol. The predicted octanol–water partition coefficient (Wildman–Crippen LogP) is 19.1. The van der Waals surface area contributed by atoms with E-state index in [1.807, 2.05) is 191 Å². The molecule has 5 aromatic carbocycles. The van der Waals surface area contributed by atoms with Crippen LogP contribution in [-0.4, -0.2) is 158 Å². The summed E-state index contributed by atoms with van der Waals surface area (Å²) in [7, 11) is 21.6. The molecule has 20 aromatic rings. The van der Waals surface area contributed by atoms with Gasteiger partial charge in [0.25, 0.3) is 27.8 Å². The Morgan fingerprint density at radius 1 is 0.310 bits per heavy atom. The number of rotatable bonds is 14. The second kappa shape index (κ2) is 36.9. The molecule has 126 heavy (non-hydrogen) atoms. The van der Waals surface area contributed by atoms with E-state index in [1.54, 1.807) is 107 Å². The molecule has 0 unspecified atom stereocenters. The van der Waals surface area contributed by atoms with Crippen LogP contribution in [0.1, 0.15) is 0 Å². The van der Waals surface area contributed by atoms with Crippen LogP contribution in [0.5, 0.6) is 28.7 Å². The van der Waals surface area contributed by atoms with Gasteiger partial charge in [-0.15, -0.1) is 56.7 Å². The van der Waals surface area contributed by atoms with E-state index in [4.69, 9.17) is 23.7 Å². The zero-order valence-corrected chi connectivity index (χ0v) is 80.5. The smallest absolute Gasteiger partial charge is 0.275 e. The number of ether oxygens (including phenoxy) is 5. The van der Waals surface area contributed by atoms with Crippen LogP contribution in [-0.2, 0) is 0 Å². The number of methoxy groups -OCH3 is 5. The van der Waals surface area contributed by atoms with Gasteiger partial charge in [-0.1, -0.05) is 0 Å². The minimum absolute atomic E-state index is 0.0946. The molecule has 15 aromatic heterocycles. The monoisotopic (exact) mass is 2090 g/mol. The number of hydrogen-bond acceptors (Lipinski definition) is 29. The molecular formula is C87H68Br5N19O10S5. The van der Waals surface area contributed by atoms with Crippen LogP contribution in [0.2, 0.25) is 0 Å². The minimum Gasteiger partial charge on any atom is -0.497 e. The summed E-state index contributed by atoms with van der Waals surface area (Å²) in [6, 6.07) is 38.5. The first-order valence-electron chi connectivity index (χ1n) is 37.7. The lowest BCUT2D eigenvalue weighted by molar-refractivity contribution is 0.412. The summed E-state index contributed by atoms with van der Waals surface area (Å²) in [6.07, 6.45) is 16.5. The highest BCUT2D eigenvalue weighted by Gasteiger charge is 2.25. The fourth-order valence-electron chi connectivity index (χ4n) is 13.9. The van der Waals surface area contributed by atoms with E-state index in [0.29, 0.717) is 62.5 Å². The van der Waals surface area contributed by atoms with Gasteiger partial charge in [0.15, 0.2) is 0 Å². The van der Waals surface area contributed by atoms with Crippen molar-refractivity contribution in [2.75, 3.05) is 105 Å². The van der Waals surface area contributed by atoms with Crippen molar-refractivity contribution in [3.05, 3.63) is 264 Å². The highest BCUT2D eigenvalue weighted by atomic mass is 79.9. The largest absolute Gasteiger partial charge is 0.497 e. The molecule has 0 saturated heterocycles. The van der Waals surface area contributed by atoms with Crippen LogP contribution in [0, 0.1) is 0 Å². The van der Waals surface area contributed by atoms with Crippen LogP contribution in [0.3, 0.4) is 0 Å². The van der Waals surface area contributed by atoms with Crippen molar-refractivity contribution in [2.45, 2.75) is 0 Å². The number of pyridine rings is 5. The Balaban J connectivity index is 0.000000116. The molecule has 0 radical (unpaired) electrons. The third kappa shape index (κ3) is 16.5. The number of hydrogen-bond donors (Lipinski definition) is 1. The fourth-order valence-corrected chi connectivity index (χ4v) is 22.1. The topological polar surface area (TPSA) is 307 Å². The summed E-state index contributed by atoms with van der Waals surface area (Å²) in [6.45, 7) is 0. The lowest BCUT2D eigenvalue weighted by atomic mass is 10.2. The van der Waals surface area contributed by atoms with Gasteiger partial charge in [-0.05, 0) is 207 Å². The van der Waals surface area contributed by atoms with E-state index >= 15 is 0 Å². The first kappa shape index (κ1) is 87.4. The maximum atomic E-state index is 13.2. The number of aromatic nitrogens is 15. The van der Waals surface area contributed by atoms with E-state index in [9.17, 15) is 24.0 Å². The molecule has 39 heteroatoms. The van der Waals surface area contributed by atoms with Crippen molar-refractivity contribution in [2.24, 2.45) is 0 Å². The quantitative estimate of drug-likeness (QED) is 0.106. The number of benzene rings is 5. The van der Waals surface area contributed by atoms with Gasteiger partial charge < -0.3 is 43.7 Å². The SMILES string of the molecule is CNc1c(Br)cnc2sc3c(=O)n(-c4ccc(OC)cc4)cnc3c12.COc1ccc(-n2cnc3c(sc4ncc(Br)c(N(C)C)c43)c2=O)cc1.COc1ccc(-n2cnc3c(sc4ncc(Br)c(N(C)C)c43)c2=O)cc1Br.COc1ccc(-n2cnc3c(sc4nccc(Br)c43)c2=O)cc1.COc1ccc(-n2cnc3c(sc4nccc(N(C)C)c43)c2=O)cc1. The van der Waals surface area contributed by atoms with Crippen LogP contribution in [0.25, 0.3) is 131 Å². The first-order valence-corrected chi connectivity index (χ1v) is 45.7. The van der Waals surface area contributed by atoms with Gasteiger partial charge in [-0.25, -0.2) is 49.8 Å². The summed E-state index contributed by atoms with van der Waals surface area (Å²) in [5, 5.41) is 7.59. The second-order valence-electron chi connectivity index (χ2n) is 28.0. The Bertz CT molecular complexity index is 7960. The molecule has 0 aliphatic heterocycles. The molecule has 0 spiro atoms. The van der Waals surface area contributed by atoms with Crippen molar-refractivity contribution in [1.29, 1.82) is 0 Å². The highest BCUT2D eigenvalue weighted by molar-refractivity contribution is 9.11. The Kier molecular flexibility index (Phi) is 25.6. The molecule has 29 nitrogen and oxygen atoms in total. The molecule has 0 bridgehead atoms. The van der Waals surface area contributed by atoms with E-state index in [0.717, 1.165) is 142 Å². The molecule has 0 saturated carbocycles. The predicted molar refractivity (Wildman–Crippen MR) is 526 cm³/mol. The molecule has 1 N–H and O–H groups in total. The maximum absolute atomic E-state index is 13.2. The molecule has 0 fully saturated rings. The van der Waals surface area contributed by atoms with Gasteiger partial charge in [-0.2, -0.15) is 0 Å².